The summed E-state index contributed by atoms with van der Waals surface area (Å²) in [6, 6.07) is -0.383. The molecule has 0 aromatic carbocycles. The van der Waals surface area contributed by atoms with Crippen molar-refractivity contribution < 1.29 is 33.4 Å². The quantitative estimate of drug-likeness (QED) is 0.283. The summed E-state index contributed by atoms with van der Waals surface area (Å²) in [5, 5.41) is 5.37. The predicted octanol–water partition coefficient (Wildman–Crippen LogP) is 0.392. The van der Waals surface area contributed by atoms with E-state index in [0.717, 1.165) is 0 Å². The molecule has 162 valence electrons. The average Bonchev–Trinajstić information content (AvgIpc) is 2.54. The van der Waals surface area contributed by atoms with Gasteiger partial charge in [0.15, 0.2) is 0 Å². The van der Waals surface area contributed by atoms with Gasteiger partial charge in [0, 0.05) is 12.1 Å². The van der Waals surface area contributed by atoms with Gasteiger partial charge in [0.05, 0.1) is 52.0 Å². The molecule has 2 N–H and O–H groups in total. The SMILES string of the molecule is CC(=O)CC(=O)NC(C)COCCOCC(C)OCC(C)NC(=O)CC(C)=O. The van der Waals surface area contributed by atoms with E-state index in [9.17, 15) is 19.2 Å². The van der Waals surface area contributed by atoms with Gasteiger partial charge in [-0.05, 0) is 34.6 Å². The molecule has 0 spiro atoms. The second kappa shape index (κ2) is 15.1. The molecule has 0 heterocycles. The van der Waals surface area contributed by atoms with Crippen LogP contribution in [0, 0.1) is 0 Å². The van der Waals surface area contributed by atoms with Crippen LogP contribution in [-0.2, 0) is 33.4 Å². The van der Waals surface area contributed by atoms with E-state index in [2.05, 4.69) is 10.6 Å². The van der Waals surface area contributed by atoms with Crippen LogP contribution in [0.15, 0.2) is 0 Å². The first-order valence-corrected chi connectivity index (χ1v) is 9.44. The molecule has 9 heteroatoms. The molecule has 2 amide bonds. The number of hydrogen-bond donors (Lipinski definition) is 2. The zero-order chi connectivity index (χ0) is 21.5. The van der Waals surface area contributed by atoms with Crippen LogP contribution in [0.5, 0.6) is 0 Å². The Balaban J connectivity index is 3.67. The monoisotopic (exact) mass is 402 g/mol. The van der Waals surface area contributed by atoms with Crippen molar-refractivity contribution in [2.24, 2.45) is 0 Å². The van der Waals surface area contributed by atoms with E-state index in [1.54, 1.807) is 13.8 Å². The first-order valence-electron chi connectivity index (χ1n) is 9.44. The van der Waals surface area contributed by atoms with Gasteiger partial charge in [-0.2, -0.15) is 0 Å². The number of Topliss-reactive ketones (excluding diaryl/α,β-unsaturated/α-hetero) is 2. The number of carbonyl (C=O) groups excluding carboxylic acids is 4. The number of carbonyl (C=O) groups is 4. The van der Waals surface area contributed by atoms with Crippen molar-refractivity contribution in [2.45, 2.75) is 65.6 Å². The van der Waals surface area contributed by atoms with Crippen molar-refractivity contribution in [3.05, 3.63) is 0 Å². The maximum Gasteiger partial charge on any atom is 0.227 e. The molecule has 0 saturated heterocycles. The summed E-state index contributed by atoms with van der Waals surface area (Å²) in [6.45, 7) is 9.98. The second-order valence-electron chi connectivity index (χ2n) is 6.99. The first kappa shape index (κ1) is 26.2. The molecule has 0 fully saturated rings. The first-order chi connectivity index (χ1) is 13.1. The summed E-state index contributed by atoms with van der Waals surface area (Å²) in [5.41, 5.74) is 0. The third kappa shape index (κ3) is 16.3. The van der Waals surface area contributed by atoms with E-state index < -0.39 is 0 Å². The number of ether oxygens (including phenoxy) is 3. The average molecular weight is 402 g/mol. The van der Waals surface area contributed by atoms with Crippen molar-refractivity contribution in [3.8, 4) is 0 Å². The molecule has 0 aliphatic heterocycles. The summed E-state index contributed by atoms with van der Waals surface area (Å²) in [7, 11) is 0. The Kier molecular flexibility index (Phi) is 14.1. The molecule has 0 aromatic rings. The maximum atomic E-state index is 11.5. The lowest BCUT2D eigenvalue weighted by Crippen LogP contribution is -2.38. The van der Waals surface area contributed by atoms with Crippen LogP contribution < -0.4 is 10.6 Å². The summed E-state index contributed by atoms with van der Waals surface area (Å²) in [4.78, 5) is 44.6. The van der Waals surface area contributed by atoms with E-state index in [-0.39, 0.29) is 54.4 Å². The minimum atomic E-state index is -0.309. The molecule has 3 atom stereocenters. The summed E-state index contributed by atoms with van der Waals surface area (Å²) >= 11 is 0. The normalized spacial score (nSPS) is 14.0. The van der Waals surface area contributed by atoms with Crippen LogP contribution in [0.2, 0.25) is 0 Å². The lowest BCUT2D eigenvalue weighted by atomic mass is 10.2. The smallest absolute Gasteiger partial charge is 0.227 e. The largest absolute Gasteiger partial charge is 0.377 e. The fourth-order valence-corrected chi connectivity index (χ4v) is 2.17. The fraction of sp³-hybridized carbons (Fsp3) is 0.789. The Bertz CT molecular complexity index is 511. The van der Waals surface area contributed by atoms with Gasteiger partial charge >= 0.3 is 0 Å². The zero-order valence-corrected chi connectivity index (χ0v) is 17.5. The number of amides is 2. The molecule has 0 aromatic heterocycles. The van der Waals surface area contributed by atoms with Crippen LogP contribution in [0.3, 0.4) is 0 Å². The van der Waals surface area contributed by atoms with Crippen LogP contribution in [0.1, 0.15) is 47.5 Å². The van der Waals surface area contributed by atoms with Gasteiger partial charge in [0.2, 0.25) is 11.8 Å². The molecule has 0 saturated carbocycles. The highest BCUT2D eigenvalue weighted by Crippen LogP contribution is 1.96. The van der Waals surface area contributed by atoms with E-state index in [4.69, 9.17) is 14.2 Å². The van der Waals surface area contributed by atoms with Crippen molar-refractivity contribution in [1.82, 2.24) is 10.6 Å². The Morgan fingerprint density at radius 2 is 1.14 bits per heavy atom. The summed E-state index contributed by atoms with van der Waals surface area (Å²) in [6.07, 6.45) is -0.399. The highest BCUT2D eigenvalue weighted by atomic mass is 16.5. The number of rotatable bonds is 16. The maximum absolute atomic E-state index is 11.5. The molecule has 3 unspecified atom stereocenters. The Morgan fingerprint density at radius 3 is 1.61 bits per heavy atom. The zero-order valence-electron chi connectivity index (χ0n) is 17.5. The topological polar surface area (TPSA) is 120 Å². The van der Waals surface area contributed by atoms with Gasteiger partial charge in [-0.3, -0.25) is 19.2 Å². The minimum Gasteiger partial charge on any atom is -0.377 e. The van der Waals surface area contributed by atoms with Gasteiger partial charge in [-0.15, -0.1) is 0 Å². The molecule has 0 rings (SSSR count). The number of nitrogens with one attached hydrogen (secondary N) is 2. The predicted molar refractivity (Wildman–Crippen MR) is 103 cm³/mol. The van der Waals surface area contributed by atoms with Crippen LogP contribution in [0.4, 0.5) is 0 Å². The van der Waals surface area contributed by atoms with Gasteiger partial charge in [-0.1, -0.05) is 0 Å². The molecule has 0 aliphatic rings. The molecule has 28 heavy (non-hydrogen) atoms. The minimum absolute atomic E-state index is 0.121. The van der Waals surface area contributed by atoms with E-state index >= 15 is 0 Å². The molecular formula is C19H34N2O7. The van der Waals surface area contributed by atoms with Crippen LogP contribution in [-0.4, -0.2) is 74.6 Å². The second-order valence-corrected chi connectivity index (χ2v) is 6.99. The van der Waals surface area contributed by atoms with Gasteiger partial charge in [-0.25, -0.2) is 0 Å². The Morgan fingerprint density at radius 1 is 0.714 bits per heavy atom. The van der Waals surface area contributed by atoms with Crippen molar-refractivity contribution >= 4 is 23.4 Å². The van der Waals surface area contributed by atoms with Crippen LogP contribution in [0.25, 0.3) is 0 Å². The Labute approximate surface area is 166 Å². The van der Waals surface area contributed by atoms with Crippen molar-refractivity contribution in [1.29, 1.82) is 0 Å². The summed E-state index contributed by atoms with van der Waals surface area (Å²) in [5.74, 6) is -0.973. The number of hydrogen-bond acceptors (Lipinski definition) is 7. The number of ketones is 2. The molecule has 0 bridgehead atoms. The third-order valence-corrected chi connectivity index (χ3v) is 3.36. The molecule has 0 aliphatic carbocycles. The van der Waals surface area contributed by atoms with E-state index in [0.29, 0.717) is 33.0 Å². The lowest BCUT2D eigenvalue weighted by Gasteiger charge is -2.18. The third-order valence-electron chi connectivity index (χ3n) is 3.36. The highest BCUT2D eigenvalue weighted by molar-refractivity contribution is 5.97. The van der Waals surface area contributed by atoms with Gasteiger partial charge in [0.1, 0.15) is 11.6 Å². The molecular weight excluding hydrogens is 368 g/mol. The summed E-state index contributed by atoms with van der Waals surface area (Å²) < 4.78 is 16.5. The van der Waals surface area contributed by atoms with Crippen molar-refractivity contribution in [3.63, 3.8) is 0 Å². The van der Waals surface area contributed by atoms with E-state index in [1.807, 2.05) is 6.92 Å². The Hall–Kier alpha value is -1.84. The highest BCUT2D eigenvalue weighted by Gasteiger charge is 2.12. The van der Waals surface area contributed by atoms with E-state index in [1.165, 1.54) is 13.8 Å². The van der Waals surface area contributed by atoms with Crippen molar-refractivity contribution in [2.75, 3.05) is 33.0 Å². The fourth-order valence-electron chi connectivity index (χ4n) is 2.17. The standard InChI is InChI=1S/C19H34N2O7/c1-13(20-18(24)8-15(3)22)10-26-6-7-27-12-17(5)28-11-14(2)21-19(25)9-16(4)23/h13-14,17H,6-12H2,1-5H3,(H,20,24)(H,21,25). The van der Waals surface area contributed by atoms with Gasteiger partial charge < -0.3 is 24.8 Å². The van der Waals surface area contributed by atoms with Crippen LogP contribution >= 0.6 is 0 Å². The molecule has 0 radical (unpaired) electrons. The molecule has 9 nitrogen and oxygen atoms in total. The van der Waals surface area contributed by atoms with Gasteiger partial charge in [0.25, 0.3) is 0 Å². The lowest BCUT2D eigenvalue weighted by molar-refractivity contribution is -0.129.